The SMILES string of the molecule is C=C=C(C)Nc1ccc(C(C)(F)F)cc1. The van der Waals surface area contributed by atoms with Gasteiger partial charge < -0.3 is 5.32 Å². The second-order valence-corrected chi connectivity index (χ2v) is 3.39. The Hall–Kier alpha value is -1.60. The first-order valence-electron chi connectivity index (χ1n) is 4.55. The van der Waals surface area contributed by atoms with Crippen molar-refractivity contribution in [3.63, 3.8) is 0 Å². The van der Waals surface area contributed by atoms with E-state index in [-0.39, 0.29) is 5.56 Å². The van der Waals surface area contributed by atoms with E-state index in [0.29, 0.717) is 0 Å². The van der Waals surface area contributed by atoms with Gasteiger partial charge in [0.05, 0.1) is 5.70 Å². The summed E-state index contributed by atoms with van der Waals surface area (Å²) in [5, 5.41) is 2.97. The Balaban J connectivity index is 2.86. The van der Waals surface area contributed by atoms with Gasteiger partial charge in [0.15, 0.2) is 0 Å². The van der Waals surface area contributed by atoms with Crippen molar-refractivity contribution in [3.8, 4) is 0 Å². The van der Waals surface area contributed by atoms with Crippen LogP contribution in [0.3, 0.4) is 0 Å². The molecule has 80 valence electrons. The van der Waals surface area contributed by atoms with Crippen molar-refractivity contribution >= 4 is 5.69 Å². The summed E-state index contributed by atoms with van der Waals surface area (Å²) in [4.78, 5) is 0. The first-order chi connectivity index (χ1) is 6.93. The highest BCUT2D eigenvalue weighted by molar-refractivity contribution is 5.49. The summed E-state index contributed by atoms with van der Waals surface area (Å²) >= 11 is 0. The second-order valence-electron chi connectivity index (χ2n) is 3.39. The molecule has 0 fully saturated rings. The van der Waals surface area contributed by atoms with Gasteiger partial charge in [0.25, 0.3) is 5.92 Å². The third kappa shape index (κ3) is 3.22. The van der Waals surface area contributed by atoms with E-state index in [1.54, 1.807) is 19.1 Å². The molecular formula is C12H13F2N. The molecule has 0 spiro atoms. The molecule has 0 saturated carbocycles. The first-order valence-corrected chi connectivity index (χ1v) is 4.55. The lowest BCUT2D eigenvalue weighted by molar-refractivity contribution is 0.0175. The predicted octanol–water partition coefficient (Wildman–Crippen LogP) is 3.90. The van der Waals surface area contributed by atoms with Crippen molar-refractivity contribution < 1.29 is 8.78 Å². The molecule has 15 heavy (non-hydrogen) atoms. The summed E-state index contributed by atoms with van der Waals surface area (Å²) in [5.74, 6) is -2.79. The Labute approximate surface area is 88.1 Å². The minimum atomic E-state index is -2.79. The summed E-state index contributed by atoms with van der Waals surface area (Å²) < 4.78 is 25.7. The maximum absolute atomic E-state index is 12.9. The predicted molar refractivity (Wildman–Crippen MR) is 58.0 cm³/mol. The van der Waals surface area contributed by atoms with Crippen molar-refractivity contribution in [3.05, 3.63) is 47.8 Å². The van der Waals surface area contributed by atoms with E-state index < -0.39 is 5.92 Å². The van der Waals surface area contributed by atoms with Crippen LogP contribution >= 0.6 is 0 Å². The van der Waals surface area contributed by atoms with E-state index in [1.807, 2.05) is 0 Å². The van der Waals surface area contributed by atoms with Crippen molar-refractivity contribution in [1.29, 1.82) is 0 Å². The van der Waals surface area contributed by atoms with Crippen LogP contribution in [0.15, 0.2) is 42.3 Å². The fourth-order valence-electron chi connectivity index (χ4n) is 1.11. The fraction of sp³-hybridized carbons (Fsp3) is 0.250. The molecule has 0 radical (unpaired) electrons. The molecule has 0 amide bonds. The summed E-state index contributed by atoms with van der Waals surface area (Å²) in [6, 6.07) is 6.01. The number of allylic oxidation sites excluding steroid dienone is 1. The van der Waals surface area contributed by atoms with Crippen LogP contribution in [-0.4, -0.2) is 0 Å². The molecule has 0 aliphatic carbocycles. The highest BCUT2D eigenvalue weighted by atomic mass is 19.3. The molecule has 0 bridgehead atoms. The number of alkyl halides is 2. The second kappa shape index (κ2) is 4.28. The monoisotopic (exact) mass is 209 g/mol. The van der Waals surface area contributed by atoms with Crippen molar-refractivity contribution in [2.24, 2.45) is 0 Å². The highest BCUT2D eigenvalue weighted by Gasteiger charge is 2.23. The number of rotatable bonds is 3. The van der Waals surface area contributed by atoms with Gasteiger partial charge in [-0.1, -0.05) is 18.7 Å². The Morgan fingerprint density at radius 2 is 1.87 bits per heavy atom. The number of anilines is 1. The van der Waals surface area contributed by atoms with E-state index in [9.17, 15) is 8.78 Å². The Morgan fingerprint density at radius 3 is 2.27 bits per heavy atom. The van der Waals surface area contributed by atoms with Crippen LogP contribution in [0.2, 0.25) is 0 Å². The molecule has 0 unspecified atom stereocenters. The normalized spacial score (nSPS) is 10.7. The quantitative estimate of drug-likeness (QED) is 0.744. The molecule has 0 atom stereocenters. The van der Waals surface area contributed by atoms with Crippen LogP contribution in [0.4, 0.5) is 14.5 Å². The maximum atomic E-state index is 12.9. The number of hydrogen-bond acceptors (Lipinski definition) is 1. The number of nitrogens with one attached hydrogen (secondary N) is 1. The number of halogens is 2. The standard InChI is InChI=1S/C12H13F2N/c1-4-9(2)15-11-7-5-10(6-8-11)12(3,13)14/h5-8,15H,1H2,2-3H3. The summed E-state index contributed by atoms with van der Waals surface area (Å²) in [6.45, 7) is 6.15. The minimum Gasteiger partial charge on any atom is -0.353 e. The van der Waals surface area contributed by atoms with Gasteiger partial charge in [-0.15, -0.1) is 5.73 Å². The van der Waals surface area contributed by atoms with Crippen molar-refractivity contribution in [1.82, 2.24) is 0 Å². The average Bonchev–Trinajstić information content (AvgIpc) is 2.17. The van der Waals surface area contributed by atoms with Gasteiger partial charge in [-0.2, -0.15) is 0 Å². The molecule has 1 N–H and O–H groups in total. The number of hydrogen-bond donors (Lipinski definition) is 1. The average molecular weight is 209 g/mol. The largest absolute Gasteiger partial charge is 0.353 e. The van der Waals surface area contributed by atoms with Gasteiger partial charge in [0, 0.05) is 18.2 Å². The maximum Gasteiger partial charge on any atom is 0.270 e. The molecule has 1 aromatic carbocycles. The third-order valence-electron chi connectivity index (χ3n) is 1.99. The molecule has 1 nitrogen and oxygen atoms in total. The van der Waals surface area contributed by atoms with Gasteiger partial charge in [-0.05, 0) is 19.1 Å². The van der Waals surface area contributed by atoms with Gasteiger partial charge in [0.2, 0.25) is 0 Å². The van der Waals surface area contributed by atoms with E-state index in [2.05, 4.69) is 17.6 Å². The lowest BCUT2D eigenvalue weighted by atomic mass is 10.1. The van der Waals surface area contributed by atoms with Gasteiger partial charge in [-0.25, -0.2) is 8.78 Å². The van der Waals surface area contributed by atoms with Crippen LogP contribution in [0.5, 0.6) is 0 Å². The van der Waals surface area contributed by atoms with Gasteiger partial charge in [0.1, 0.15) is 0 Å². The van der Waals surface area contributed by atoms with E-state index in [4.69, 9.17) is 0 Å². The smallest absolute Gasteiger partial charge is 0.270 e. The lowest BCUT2D eigenvalue weighted by Gasteiger charge is -2.11. The van der Waals surface area contributed by atoms with Crippen molar-refractivity contribution in [2.75, 3.05) is 5.32 Å². The van der Waals surface area contributed by atoms with Crippen LogP contribution in [0, 0.1) is 0 Å². The third-order valence-corrected chi connectivity index (χ3v) is 1.99. The molecule has 1 rings (SSSR count). The topological polar surface area (TPSA) is 12.0 Å². The number of benzene rings is 1. The molecule has 0 aromatic heterocycles. The van der Waals surface area contributed by atoms with Gasteiger partial charge in [-0.3, -0.25) is 0 Å². The molecular weight excluding hydrogens is 196 g/mol. The highest BCUT2D eigenvalue weighted by Crippen LogP contribution is 2.27. The fourth-order valence-corrected chi connectivity index (χ4v) is 1.11. The van der Waals surface area contributed by atoms with E-state index in [1.165, 1.54) is 12.1 Å². The molecule has 1 aromatic rings. The molecule has 0 heterocycles. The zero-order valence-corrected chi connectivity index (χ0v) is 8.77. The molecule has 0 aliphatic rings. The van der Waals surface area contributed by atoms with E-state index in [0.717, 1.165) is 18.3 Å². The summed E-state index contributed by atoms with van der Waals surface area (Å²) in [7, 11) is 0. The minimum absolute atomic E-state index is 0.00767. The van der Waals surface area contributed by atoms with Crippen LogP contribution in [0.1, 0.15) is 19.4 Å². The summed E-state index contributed by atoms with van der Waals surface area (Å²) in [5.41, 5.74) is 4.18. The van der Waals surface area contributed by atoms with Gasteiger partial charge >= 0.3 is 0 Å². The molecule has 0 aliphatic heterocycles. The Kier molecular flexibility index (Phi) is 3.28. The Morgan fingerprint density at radius 1 is 1.33 bits per heavy atom. The summed E-state index contributed by atoms with van der Waals surface area (Å²) in [6.07, 6.45) is 0. The zero-order valence-electron chi connectivity index (χ0n) is 8.77. The molecule has 0 saturated heterocycles. The van der Waals surface area contributed by atoms with Crippen molar-refractivity contribution in [2.45, 2.75) is 19.8 Å². The van der Waals surface area contributed by atoms with Crippen LogP contribution in [-0.2, 0) is 5.92 Å². The lowest BCUT2D eigenvalue weighted by Crippen LogP contribution is -2.06. The zero-order chi connectivity index (χ0) is 11.5. The Bertz CT molecular complexity index is 381. The molecule has 3 heteroatoms. The van der Waals surface area contributed by atoms with Crippen LogP contribution < -0.4 is 5.32 Å². The van der Waals surface area contributed by atoms with E-state index >= 15 is 0 Å². The first kappa shape index (κ1) is 11.5. The van der Waals surface area contributed by atoms with Crippen LogP contribution in [0.25, 0.3) is 0 Å².